The van der Waals surface area contributed by atoms with Crippen LogP contribution in [-0.2, 0) is 12.7 Å². The minimum Gasteiger partial charge on any atom is -0.342 e. The van der Waals surface area contributed by atoms with Crippen molar-refractivity contribution < 1.29 is 44.3 Å². The molecule has 0 atom stereocenters. The van der Waals surface area contributed by atoms with Crippen molar-refractivity contribution >= 4 is 27.5 Å². The Bertz CT molecular complexity index is 623. The van der Waals surface area contributed by atoms with Crippen LogP contribution in [0.15, 0.2) is 46.9 Å². The van der Waals surface area contributed by atoms with Gasteiger partial charge in [0.25, 0.3) is 0 Å². The summed E-state index contributed by atoms with van der Waals surface area (Å²) in [5.74, 6) is 0. The van der Waals surface area contributed by atoms with Gasteiger partial charge in [-0.15, -0.1) is 15.9 Å². The Hall–Kier alpha value is 0.0119. The maximum absolute atomic E-state index is 12.6. The first-order chi connectivity index (χ1) is 11.3. The fraction of sp³-hybridized carbons (Fsp3) is 0.278. The van der Waals surface area contributed by atoms with Gasteiger partial charge in [0.05, 0.1) is 10.6 Å². The Balaban J connectivity index is 0.000000603. The van der Waals surface area contributed by atoms with Crippen LogP contribution >= 0.6 is 27.5 Å². The normalized spacial score (nSPS) is 10.7. The predicted octanol–water partition coefficient (Wildman–Crippen LogP) is 6.26. The Morgan fingerprint density at radius 1 is 1.24 bits per heavy atom. The second-order valence-electron chi connectivity index (χ2n) is 5.09. The fourth-order valence-corrected chi connectivity index (χ4v) is 2.51. The Labute approximate surface area is 184 Å². The monoisotopic (exact) mass is 657 g/mol. The third-order valence-corrected chi connectivity index (χ3v) is 3.97. The predicted molar refractivity (Wildman–Crippen MR) is 95.7 cm³/mol. The molecule has 0 bridgehead atoms. The van der Waals surface area contributed by atoms with Gasteiger partial charge in [0.1, 0.15) is 0 Å². The Morgan fingerprint density at radius 2 is 1.92 bits per heavy atom. The first-order valence-corrected chi connectivity index (χ1v) is 8.36. The zero-order valence-electron chi connectivity index (χ0n) is 13.7. The molecule has 0 aromatic heterocycles. The SMILES string of the molecule is Brc1c[c-]ccc1.[CH2-]CCN(C)Cc1cccc(C(F)(F)F)c1Cl.[U+2]. The zero-order valence-corrected chi connectivity index (χ0v) is 20.2. The molecular formula is C18H18BrClF3NU. The van der Waals surface area contributed by atoms with Gasteiger partial charge in [-0.2, -0.15) is 49.9 Å². The van der Waals surface area contributed by atoms with E-state index in [0.717, 1.165) is 10.5 Å². The average Bonchev–Trinajstić information content (AvgIpc) is 2.50. The Morgan fingerprint density at radius 3 is 2.36 bits per heavy atom. The van der Waals surface area contributed by atoms with E-state index in [1.165, 1.54) is 6.07 Å². The van der Waals surface area contributed by atoms with Crippen molar-refractivity contribution in [3.8, 4) is 0 Å². The molecule has 0 unspecified atom stereocenters. The van der Waals surface area contributed by atoms with Crippen LogP contribution in [0.25, 0.3) is 0 Å². The molecule has 0 aliphatic rings. The number of nitrogens with zero attached hydrogens (tertiary/aromatic N) is 1. The van der Waals surface area contributed by atoms with E-state index in [2.05, 4.69) is 28.9 Å². The first-order valence-electron chi connectivity index (χ1n) is 7.19. The maximum Gasteiger partial charge on any atom is 2.00 e. The second kappa shape index (κ2) is 12.4. The summed E-state index contributed by atoms with van der Waals surface area (Å²) >= 11 is 9.06. The number of benzene rings is 2. The van der Waals surface area contributed by atoms with E-state index in [0.29, 0.717) is 25.1 Å². The second-order valence-corrected chi connectivity index (χ2v) is 6.38. The van der Waals surface area contributed by atoms with Crippen LogP contribution in [0.2, 0.25) is 5.02 Å². The molecule has 0 spiro atoms. The first kappa shape index (κ1) is 25.0. The Kier molecular flexibility index (Phi) is 12.4. The van der Waals surface area contributed by atoms with Crippen molar-refractivity contribution in [3.05, 3.63) is 76.1 Å². The van der Waals surface area contributed by atoms with Gasteiger partial charge in [-0.3, -0.25) is 0 Å². The van der Waals surface area contributed by atoms with Gasteiger partial charge in [0, 0.05) is 6.54 Å². The van der Waals surface area contributed by atoms with Crippen molar-refractivity contribution in [3.63, 3.8) is 0 Å². The molecule has 0 heterocycles. The van der Waals surface area contributed by atoms with Crippen molar-refractivity contribution in [1.29, 1.82) is 0 Å². The molecule has 0 saturated heterocycles. The van der Waals surface area contributed by atoms with Crippen molar-refractivity contribution in [2.75, 3.05) is 13.6 Å². The summed E-state index contributed by atoms with van der Waals surface area (Å²) in [4.78, 5) is 1.88. The summed E-state index contributed by atoms with van der Waals surface area (Å²) in [5, 5.41) is -0.212. The summed E-state index contributed by atoms with van der Waals surface area (Å²) in [7, 11) is 1.82. The molecule has 134 valence electrons. The molecule has 0 radical (unpaired) electrons. The van der Waals surface area contributed by atoms with Gasteiger partial charge in [-0.1, -0.05) is 28.2 Å². The molecular weight excluding hydrogens is 641 g/mol. The quantitative estimate of drug-likeness (QED) is 0.351. The zero-order chi connectivity index (χ0) is 18.2. The number of hydrogen-bond donors (Lipinski definition) is 0. The van der Waals surface area contributed by atoms with Crippen LogP contribution in [-0.4, -0.2) is 18.5 Å². The summed E-state index contributed by atoms with van der Waals surface area (Å²) < 4.78 is 38.9. The third-order valence-electron chi connectivity index (χ3n) is 3.03. The molecule has 0 fully saturated rings. The van der Waals surface area contributed by atoms with E-state index < -0.39 is 11.7 Å². The van der Waals surface area contributed by atoms with E-state index in [9.17, 15) is 13.2 Å². The minimum absolute atomic E-state index is 0. The van der Waals surface area contributed by atoms with E-state index in [-0.39, 0.29) is 36.1 Å². The molecule has 2 aromatic carbocycles. The molecule has 1 nitrogen and oxygen atoms in total. The maximum atomic E-state index is 12.6. The van der Waals surface area contributed by atoms with Crippen LogP contribution in [0.1, 0.15) is 17.5 Å². The van der Waals surface area contributed by atoms with Crippen LogP contribution < -0.4 is 0 Å². The number of hydrogen-bond acceptors (Lipinski definition) is 1. The molecule has 0 amide bonds. The molecule has 0 saturated carbocycles. The van der Waals surface area contributed by atoms with E-state index >= 15 is 0 Å². The largest absolute Gasteiger partial charge is 2.00 e. The molecule has 0 N–H and O–H groups in total. The summed E-state index contributed by atoms with van der Waals surface area (Å²) in [6.07, 6.45) is -3.70. The number of rotatable bonds is 4. The molecule has 7 heteroatoms. The van der Waals surface area contributed by atoms with Gasteiger partial charge in [0.15, 0.2) is 0 Å². The standard InChI is InChI=1S/C12H14ClF3N.C6H4Br.U/c1-3-7-17(2)8-9-5-4-6-10(11(9)13)12(14,15)16;7-6-4-2-1-3-5-6;/h4-6H,1,3,7-8H2,2H3;1-2,4-5H;/q2*-1;+2. The number of halogens is 5. The van der Waals surface area contributed by atoms with Gasteiger partial charge in [-0.05, 0) is 25.2 Å². The smallest absolute Gasteiger partial charge is 0.342 e. The van der Waals surface area contributed by atoms with E-state index in [4.69, 9.17) is 11.6 Å². The van der Waals surface area contributed by atoms with Crippen molar-refractivity contribution in [2.45, 2.75) is 19.1 Å². The van der Waals surface area contributed by atoms with Crippen molar-refractivity contribution in [2.24, 2.45) is 0 Å². The van der Waals surface area contributed by atoms with Crippen LogP contribution in [0.3, 0.4) is 0 Å². The van der Waals surface area contributed by atoms with E-state index in [1.807, 2.05) is 36.2 Å². The molecule has 0 aliphatic carbocycles. The average molecular weight is 659 g/mol. The fourth-order valence-electron chi connectivity index (χ4n) is 1.93. The van der Waals surface area contributed by atoms with Gasteiger partial charge in [0.2, 0.25) is 0 Å². The summed E-state index contributed by atoms with van der Waals surface area (Å²) in [6, 6.07) is 14.5. The molecule has 2 aromatic rings. The molecule has 2 rings (SSSR count). The van der Waals surface area contributed by atoms with Crippen LogP contribution in [0.5, 0.6) is 0 Å². The molecule has 25 heavy (non-hydrogen) atoms. The minimum atomic E-state index is -4.40. The van der Waals surface area contributed by atoms with Gasteiger partial charge >= 0.3 is 37.3 Å². The van der Waals surface area contributed by atoms with Crippen molar-refractivity contribution in [1.82, 2.24) is 4.90 Å². The summed E-state index contributed by atoms with van der Waals surface area (Å²) in [6.45, 7) is 4.79. The van der Waals surface area contributed by atoms with Gasteiger partial charge < -0.3 is 11.8 Å². The topological polar surface area (TPSA) is 3.24 Å². The number of alkyl halides is 3. The summed E-state index contributed by atoms with van der Waals surface area (Å²) in [5.41, 5.74) is -0.294. The van der Waals surface area contributed by atoms with Crippen LogP contribution in [0.4, 0.5) is 13.2 Å². The van der Waals surface area contributed by atoms with Crippen LogP contribution in [0, 0.1) is 44.1 Å². The third kappa shape index (κ3) is 9.49. The van der Waals surface area contributed by atoms with Gasteiger partial charge in [-0.25, -0.2) is 0 Å². The molecule has 0 aliphatic heterocycles. The van der Waals surface area contributed by atoms with E-state index in [1.54, 1.807) is 6.07 Å².